The Bertz CT molecular complexity index is 767. The second kappa shape index (κ2) is 11.2. The molecule has 0 fully saturated rings. The van der Waals surface area contributed by atoms with E-state index in [0.29, 0.717) is 11.9 Å². The summed E-state index contributed by atoms with van der Waals surface area (Å²) in [4.78, 5) is 2.34. The van der Waals surface area contributed by atoms with Gasteiger partial charge in [-0.15, -0.1) is 0 Å². The number of benzene rings is 1. The summed E-state index contributed by atoms with van der Waals surface area (Å²) in [5, 5.41) is 0.530. The molecule has 1 aromatic rings. The van der Waals surface area contributed by atoms with E-state index in [4.69, 9.17) is 14.2 Å². The van der Waals surface area contributed by atoms with Crippen molar-refractivity contribution in [3.8, 4) is 5.75 Å². The van der Waals surface area contributed by atoms with Gasteiger partial charge in [-0.05, 0) is 49.3 Å². The molecule has 1 aliphatic heterocycles. The number of rotatable bonds is 10. The van der Waals surface area contributed by atoms with E-state index in [1.54, 1.807) is 14.2 Å². The Morgan fingerprint density at radius 1 is 1.10 bits per heavy atom. The summed E-state index contributed by atoms with van der Waals surface area (Å²) >= 11 is 2.00. The highest BCUT2D eigenvalue weighted by Gasteiger charge is 2.26. The van der Waals surface area contributed by atoms with Crippen LogP contribution in [0.25, 0.3) is 0 Å². The van der Waals surface area contributed by atoms with Crippen molar-refractivity contribution in [2.24, 2.45) is 0 Å². The van der Waals surface area contributed by atoms with E-state index in [0.717, 1.165) is 42.4 Å². The molecule has 2 aliphatic rings. The van der Waals surface area contributed by atoms with Crippen LogP contribution in [0.4, 0.5) is 5.69 Å². The standard InChI is InChI=1S/C24H31NO3S/c1-19-23(18-29-22-8-5-4-6-9-22)25(20-10-12-21(27-3)13-11-20)15-14-24(19)28-17-7-16-26-2/h4-6,8,10-15,22-23H,7,9,16-18H2,1-3H3. The summed E-state index contributed by atoms with van der Waals surface area (Å²) in [6, 6.07) is 8.49. The molecule has 156 valence electrons. The highest BCUT2D eigenvalue weighted by molar-refractivity contribution is 8.00. The maximum absolute atomic E-state index is 6.07. The number of hydrogen-bond acceptors (Lipinski definition) is 5. The molecule has 0 aromatic heterocycles. The largest absolute Gasteiger partial charge is 0.497 e. The summed E-state index contributed by atoms with van der Waals surface area (Å²) < 4.78 is 16.5. The fraction of sp³-hybridized carbons (Fsp3) is 0.417. The van der Waals surface area contributed by atoms with Crippen LogP contribution in [-0.2, 0) is 9.47 Å². The lowest BCUT2D eigenvalue weighted by atomic mass is 10.0. The molecule has 3 rings (SSSR count). The maximum atomic E-state index is 6.07. The molecular weight excluding hydrogens is 382 g/mol. The van der Waals surface area contributed by atoms with Crippen molar-refractivity contribution in [3.63, 3.8) is 0 Å². The van der Waals surface area contributed by atoms with Gasteiger partial charge in [-0.3, -0.25) is 0 Å². The lowest BCUT2D eigenvalue weighted by Gasteiger charge is -2.36. The van der Waals surface area contributed by atoms with Gasteiger partial charge < -0.3 is 19.1 Å². The van der Waals surface area contributed by atoms with Crippen LogP contribution >= 0.6 is 11.8 Å². The topological polar surface area (TPSA) is 30.9 Å². The second-order valence-corrected chi connectivity index (χ2v) is 8.37. The van der Waals surface area contributed by atoms with Crippen molar-refractivity contribution in [2.45, 2.75) is 31.1 Å². The second-order valence-electron chi connectivity index (χ2n) is 7.10. The van der Waals surface area contributed by atoms with Gasteiger partial charge in [-0.2, -0.15) is 11.8 Å². The van der Waals surface area contributed by atoms with Crippen molar-refractivity contribution in [3.05, 3.63) is 72.2 Å². The van der Waals surface area contributed by atoms with E-state index >= 15 is 0 Å². The average molecular weight is 414 g/mol. The van der Waals surface area contributed by atoms with Crippen LogP contribution in [0.1, 0.15) is 19.8 Å². The van der Waals surface area contributed by atoms with E-state index in [1.807, 2.05) is 23.9 Å². The van der Waals surface area contributed by atoms with Gasteiger partial charge in [-0.25, -0.2) is 0 Å². The first-order valence-electron chi connectivity index (χ1n) is 10.1. The van der Waals surface area contributed by atoms with Crippen molar-refractivity contribution in [1.29, 1.82) is 0 Å². The fourth-order valence-electron chi connectivity index (χ4n) is 3.43. The van der Waals surface area contributed by atoms with Crippen molar-refractivity contribution >= 4 is 17.4 Å². The lowest BCUT2D eigenvalue weighted by molar-refractivity contribution is 0.147. The molecule has 2 atom stereocenters. The Balaban J connectivity index is 1.75. The molecule has 0 amide bonds. The molecule has 29 heavy (non-hydrogen) atoms. The van der Waals surface area contributed by atoms with Gasteiger partial charge in [0.05, 0.1) is 19.8 Å². The predicted octanol–water partition coefficient (Wildman–Crippen LogP) is 5.34. The monoisotopic (exact) mass is 413 g/mol. The van der Waals surface area contributed by atoms with Crippen LogP contribution in [0, 0.1) is 0 Å². The van der Waals surface area contributed by atoms with Crippen molar-refractivity contribution < 1.29 is 14.2 Å². The van der Waals surface area contributed by atoms with E-state index < -0.39 is 0 Å². The zero-order chi connectivity index (χ0) is 20.5. The Labute approximate surface area is 178 Å². The van der Waals surface area contributed by atoms with Gasteiger partial charge in [0.2, 0.25) is 0 Å². The van der Waals surface area contributed by atoms with Gasteiger partial charge in [-0.1, -0.05) is 24.3 Å². The molecule has 1 aliphatic carbocycles. The number of anilines is 1. The number of methoxy groups -OCH3 is 2. The predicted molar refractivity (Wildman–Crippen MR) is 123 cm³/mol. The Morgan fingerprint density at radius 3 is 2.62 bits per heavy atom. The highest BCUT2D eigenvalue weighted by Crippen LogP contribution is 2.33. The zero-order valence-electron chi connectivity index (χ0n) is 17.5. The molecule has 0 radical (unpaired) electrons. The van der Waals surface area contributed by atoms with E-state index in [1.165, 1.54) is 5.57 Å². The van der Waals surface area contributed by atoms with Crippen LogP contribution in [0.5, 0.6) is 5.75 Å². The number of thioether (sulfide) groups is 1. The third kappa shape index (κ3) is 5.94. The van der Waals surface area contributed by atoms with Crippen LogP contribution in [0.2, 0.25) is 0 Å². The summed E-state index contributed by atoms with van der Waals surface area (Å²) in [6.07, 6.45) is 15.0. The molecule has 1 heterocycles. The minimum Gasteiger partial charge on any atom is -0.497 e. The summed E-state index contributed by atoms with van der Waals surface area (Å²) in [7, 11) is 3.42. The third-order valence-electron chi connectivity index (χ3n) is 5.14. The molecule has 0 saturated heterocycles. The third-order valence-corrected chi connectivity index (χ3v) is 6.43. The van der Waals surface area contributed by atoms with Gasteiger partial charge >= 0.3 is 0 Å². The first-order valence-corrected chi connectivity index (χ1v) is 11.2. The molecule has 0 bridgehead atoms. The molecule has 4 nitrogen and oxygen atoms in total. The van der Waals surface area contributed by atoms with Gasteiger partial charge in [0.15, 0.2) is 0 Å². The van der Waals surface area contributed by atoms with Crippen molar-refractivity contribution in [2.75, 3.05) is 38.1 Å². The minimum absolute atomic E-state index is 0.245. The van der Waals surface area contributed by atoms with Gasteiger partial charge in [0, 0.05) is 43.0 Å². The zero-order valence-corrected chi connectivity index (χ0v) is 18.4. The van der Waals surface area contributed by atoms with Crippen LogP contribution in [-0.4, -0.2) is 44.5 Å². The number of hydrogen-bond donors (Lipinski definition) is 0. The Hall–Kier alpha value is -2.11. The smallest absolute Gasteiger partial charge is 0.121 e. The highest BCUT2D eigenvalue weighted by atomic mass is 32.2. The number of nitrogens with zero attached hydrogens (tertiary/aromatic N) is 1. The van der Waals surface area contributed by atoms with Crippen LogP contribution < -0.4 is 9.64 Å². The molecule has 0 saturated carbocycles. The van der Waals surface area contributed by atoms with Gasteiger partial charge in [0.25, 0.3) is 0 Å². The summed E-state index contributed by atoms with van der Waals surface area (Å²) in [6.45, 7) is 3.58. The molecule has 5 heteroatoms. The summed E-state index contributed by atoms with van der Waals surface area (Å²) in [5.41, 5.74) is 2.42. The Morgan fingerprint density at radius 2 is 1.93 bits per heavy atom. The molecule has 0 spiro atoms. The normalized spacial score (nSPS) is 21.0. The van der Waals surface area contributed by atoms with Crippen molar-refractivity contribution in [1.82, 2.24) is 0 Å². The average Bonchev–Trinajstić information content (AvgIpc) is 2.77. The molecule has 0 N–H and O–H groups in total. The number of ether oxygens (including phenoxy) is 3. The maximum Gasteiger partial charge on any atom is 0.121 e. The lowest BCUT2D eigenvalue weighted by Crippen LogP contribution is -2.37. The SMILES string of the molecule is COCCCOC1=C(C)C(CSC2C=CC=CC2)N(c2ccc(OC)cc2)C=C1. The van der Waals surface area contributed by atoms with Crippen LogP contribution in [0.3, 0.4) is 0 Å². The van der Waals surface area contributed by atoms with Crippen LogP contribution in [0.15, 0.2) is 72.2 Å². The van der Waals surface area contributed by atoms with Gasteiger partial charge in [0.1, 0.15) is 11.5 Å². The van der Waals surface area contributed by atoms with E-state index in [2.05, 4.69) is 60.5 Å². The molecular formula is C24H31NO3S. The molecule has 2 unspecified atom stereocenters. The van der Waals surface area contributed by atoms with E-state index in [9.17, 15) is 0 Å². The fourth-order valence-corrected chi connectivity index (χ4v) is 4.71. The van der Waals surface area contributed by atoms with E-state index in [-0.39, 0.29) is 6.04 Å². The molecule has 1 aromatic carbocycles. The quantitative estimate of drug-likeness (QED) is 0.483. The summed E-state index contributed by atoms with van der Waals surface area (Å²) in [5.74, 6) is 2.85. The first-order chi connectivity index (χ1) is 14.2. The minimum atomic E-state index is 0.245. The number of allylic oxidation sites excluding steroid dienone is 4. The Kier molecular flexibility index (Phi) is 8.32. The first kappa shape index (κ1) is 21.6.